The zero-order valence-corrected chi connectivity index (χ0v) is 17.3. The molecule has 3 heterocycles. The van der Waals surface area contributed by atoms with Crippen molar-refractivity contribution in [2.75, 3.05) is 18.0 Å². The van der Waals surface area contributed by atoms with Crippen molar-refractivity contribution in [1.29, 1.82) is 0 Å². The van der Waals surface area contributed by atoms with Crippen molar-refractivity contribution < 1.29 is 13.9 Å². The van der Waals surface area contributed by atoms with Crippen LogP contribution in [0.4, 0.5) is 10.1 Å². The number of aromatic nitrogens is 3. The molecule has 1 aliphatic rings. The van der Waals surface area contributed by atoms with Gasteiger partial charge in [-0.2, -0.15) is 0 Å². The maximum atomic E-state index is 13.4. The average Bonchev–Trinajstić information content (AvgIpc) is 3.41. The number of hydrogen-bond acceptors (Lipinski definition) is 5. The number of carbonyl (C=O) groups is 1. The summed E-state index contributed by atoms with van der Waals surface area (Å²) in [6, 6.07) is 17.6. The Balaban J connectivity index is 1.37. The standard InChI is InChI=1S/C24H22FN5O2/c25-19-3-1-2-16(10-19)15-32-23-9-8-22-27-13-21(30(22)28-23)18-4-6-20(7-5-18)29-14-17(12-26)11-24(29)31/h1-10,13,17H,11-12,14-15,26H2. The highest BCUT2D eigenvalue weighted by Crippen LogP contribution is 2.28. The second-order valence-electron chi connectivity index (χ2n) is 7.86. The Morgan fingerprint density at radius 2 is 1.97 bits per heavy atom. The van der Waals surface area contributed by atoms with E-state index in [1.165, 1.54) is 12.1 Å². The van der Waals surface area contributed by atoms with Crippen LogP contribution in [0.25, 0.3) is 16.9 Å². The van der Waals surface area contributed by atoms with Crippen LogP contribution in [0, 0.1) is 11.7 Å². The lowest BCUT2D eigenvalue weighted by atomic mass is 10.1. The fourth-order valence-electron chi connectivity index (χ4n) is 3.92. The number of amides is 1. The van der Waals surface area contributed by atoms with Crippen LogP contribution in [-0.2, 0) is 11.4 Å². The first-order chi connectivity index (χ1) is 15.6. The van der Waals surface area contributed by atoms with Crippen molar-refractivity contribution in [2.45, 2.75) is 13.0 Å². The molecule has 32 heavy (non-hydrogen) atoms. The maximum Gasteiger partial charge on any atom is 0.232 e. The molecule has 1 atom stereocenters. The van der Waals surface area contributed by atoms with E-state index >= 15 is 0 Å². The van der Waals surface area contributed by atoms with Gasteiger partial charge in [0.25, 0.3) is 0 Å². The van der Waals surface area contributed by atoms with E-state index in [1.807, 2.05) is 30.3 Å². The maximum absolute atomic E-state index is 13.4. The third kappa shape index (κ3) is 3.92. The van der Waals surface area contributed by atoms with Gasteiger partial charge in [0, 0.05) is 30.3 Å². The van der Waals surface area contributed by atoms with Gasteiger partial charge in [-0.15, -0.1) is 5.10 Å². The molecule has 8 heteroatoms. The van der Waals surface area contributed by atoms with Crippen molar-refractivity contribution in [1.82, 2.24) is 14.6 Å². The molecule has 5 rings (SSSR count). The number of hydrogen-bond donors (Lipinski definition) is 1. The number of anilines is 1. The molecule has 162 valence electrons. The van der Waals surface area contributed by atoms with Gasteiger partial charge in [0.1, 0.15) is 12.4 Å². The minimum Gasteiger partial charge on any atom is -0.472 e. The first kappa shape index (κ1) is 20.1. The van der Waals surface area contributed by atoms with E-state index < -0.39 is 0 Å². The lowest BCUT2D eigenvalue weighted by Gasteiger charge is -2.17. The Morgan fingerprint density at radius 3 is 2.72 bits per heavy atom. The number of halogens is 1. The summed E-state index contributed by atoms with van der Waals surface area (Å²) in [4.78, 5) is 18.5. The van der Waals surface area contributed by atoms with E-state index in [0.29, 0.717) is 31.0 Å². The quantitative estimate of drug-likeness (QED) is 0.506. The number of carbonyl (C=O) groups excluding carboxylic acids is 1. The van der Waals surface area contributed by atoms with Gasteiger partial charge < -0.3 is 15.4 Å². The minimum absolute atomic E-state index is 0.102. The molecule has 0 spiro atoms. The molecule has 1 saturated heterocycles. The Labute approximate surface area is 184 Å². The Hall–Kier alpha value is -3.78. The second kappa shape index (κ2) is 8.39. The molecule has 0 saturated carbocycles. The van der Waals surface area contributed by atoms with E-state index in [0.717, 1.165) is 22.5 Å². The largest absolute Gasteiger partial charge is 0.472 e. The molecule has 1 aliphatic heterocycles. The predicted octanol–water partition coefficient (Wildman–Crippen LogP) is 3.43. The van der Waals surface area contributed by atoms with Gasteiger partial charge in [0.2, 0.25) is 11.8 Å². The smallest absolute Gasteiger partial charge is 0.232 e. The zero-order chi connectivity index (χ0) is 22.1. The lowest BCUT2D eigenvalue weighted by molar-refractivity contribution is -0.117. The number of fused-ring (bicyclic) bond motifs is 1. The third-order valence-corrected chi connectivity index (χ3v) is 5.63. The normalized spacial score (nSPS) is 16.1. The van der Waals surface area contributed by atoms with Crippen LogP contribution < -0.4 is 15.4 Å². The summed E-state index contributed by atoms with van der Waals surface area (Å²) in [6.45, 7) is 1.37. The highest BCUT2D eigenvalue weighted by atomic mass is 19.1. The van der Waals surface area contributed by atoms with Crippen molar-refractivity contribution in [3.8, 4) is 17.1 Å². The highest BCUT2D eigenvalue weighted by Gasteiger charge is 2.29. The van der Waals surface area contributed by atoms with Crippen LogP contribution in [0.3, 0.4) is 0 Å². The van der Waals surface area contributed by atoms with Crippen LogP contribution >= 0.6 is 0 Å². The van der Waals surface area contributed by atoms with E-state index in [9.17, 15) is 9.18 Å². The molecule has 2 N–H and O–H groups in total. The summed E-state index contributed by atoms with van der Waals surface area (Å²) in [5.41, 5.74) is 9.71. The van der Waals surface area contributed by atoms with Crippen molar-refractivity contribution in [3.05, 3.63) is 78.2 Å². The van der Waals surface area contributed by atoms with E-state index in [2.05, 4.69) is 10.1 Å². The summed E-state index contributed by atoms with van der Waals surface area (Å²) in [6.07, 6.45) is 2.24. The molecule has 0 bridgehead atoms. The molecule has 1 fully saturated rings. The molecule has 0 aliphatic carbocycles. The summed E-state index contributed by atoms with van der Waals surface area (Å²) < 4.78 is 20.8. The number of benzene rings is 2. The number of nitrogens with zero attached hydrogens (tertiary/aromatic N) is 4. The summed E-state index contributed by atoms with van der Waals surface area (Å²) in [5.74, 6) is 0.415. The van der Waals surface area contributed by atoms with Gasteiger partial charge in [0.15, 0.2) is 5.65 Å². The van der Waals surface area contributed by atoms with Crippen LogP contribution in [0.5, 0.6) is 5.88 Å². The van der Waals surface area contributed by atoms with Crippen LogP contribution in [0.2, 0.25) is 0 Å². The Morgan fingerprint density at radius 1 is 1.12 bits per heavy atom. The molecule has 0 radical (unpaired) electrons. The predicted molar refractivity (Wildman–Crippen MR) is 119 cm³/mol. The van der Waals surface area contributed by atoms with Gasteiger partial charge in [-0.25, -0.2) is 13.9 Å². The van der Waals surface area contributed by atoms with Gasteiger partial charge >= 0.3 is 0 Å². The number of imidazole rings is 1. The van der Waals surface area contributed by atoms with E-state index in [1.54, 1.807) is 33.8 Å². The lowest BCUT2D eigenvalue weighted by Crippen LogP contribution is -2.25. The number of ether oxygens (including phenoxy) is 1. The highest BCUT2D eigenvalue weighted by molar-refractivity contribution is 5.96. The van der Waals surface area contributed by atoms with Gasteiger partial charge in [-0.05, 0) is 48.4 Å². The van der Waals surface area contributed by atoms with Crippen molar-refractivity contribution in [3.63, 3.8) is 0 Å². The van der Waals surface area contributed by atoms with Crippen molar-refractivity contribution in [2.24, 2.45) is 11.7 Å². The average molecular weight is 431 g/mol. The molecular weight excluding hydrogens is 409 g/mol. The van der Waals surface area contributed by atoms with Crippen molar-refractivity contribution >= 4 is 17.2 Å². The fraction of sp³-hybridized carbons (Fsp3) is 0.208. The van der Waals surface area contributed by atoms with Gasteiger partial charge in [-0.3, -0.25) is 4.79 Å². The Bertz CT molecular complexity index is 1270. The molecule has 4 aromatic rings. The van der Waals surface area contributed by atoms with Crippen LogP contribution in [0.1, 0.15) is 12.0 Å². The molecule has 1 unspecified atom stereocenters. The zero-order valence-electron chi connectivity index (χ0n) is 17.3. The molecular formula is C24H22FN5O2. The molecule has 2 aromatic heterocycles. The van der Waals surface area contributed by atoms with E-state index in [-0.39, 0.29) is 24.2 Å². The van der Waals surface area contributed by atoms with Gasteiger partial charge in [0.05, 0.1) is 11.9 Å². The van der Waals surface area contributed by atoms with Crippen LogP contribution in [0.15, 0.2) is 66.9 Å². The number of rotatable bonds is 6. The van der Waals surface area contributed by atoms with E-state index in [4.69, 9.17) is 10.5 Å². The fourth-order valence-corrected chi connectivity index (χ4v) is 3.92. The summed E-state index contributed by atoms with van der Waals surface area (Å²) in [7, 11) is 0. The topological polar surface area (TPSA) is 85.8 Å². The molecule has 7 nitrogen and oxygen atoms in total. The second-order valence-corrected chi connectivity index (χ2v) is 7.86. The first-order valence-corrected chi connectivity index (χ1v) is 10.4. The Kier molecular flexibility index (Phi) is 5.28. The number of nitrogens with two attached hydrogens (primary N) is 1. The minimum atomic E-state index is -0.302. The summed E-state index contributed by atoms with van der Waals surface area (Å²) >= 11 is 0. The molecule has 1 amide bonds. The van der Waals surface area contributed by atoms with Crippen LogP contribution in [-0.4, -0.2) is 33.6 Å². The van der Waals surface area contributed by atoms with Gasteiger partial charge in [-0.1, -0.05) is 24.3 Å². The summed E-state index contributed by atoms with van der Waals surface area (Å²) in [5, 5.41) is 4.54. The molecule has 2 aromatic carbocycles. The first-order valence-electron chi connectivity index (χ1n) is 10.4. The third-order valence-electron chi connectivity index (χ3n) is 5.63. The monoisotopic (exact) mass is 431 g/mol. The SMILES string of the molecule is NCC1CC(=O)N(c2ccc(-c3cnc4ccc(OCc5cccc(F)c5)nn34)cc2)C1.